The Bertz CT molecular complexity index is 611. The number of rotatable bonds is 3. The van der Waals surface area contributed by atoms with E-state index in [1.165, 1.54) is 12.1 Å². The van der Waals surface area contributed by atoms with Crippen molar-refractivity contribution < 1.29 is 8.78 Å². The van der Waals surface area contributed by atoms with Crippen molar-refractivity contribution in [3.63, 3.8) is 0 Å². The largest absolute Gasteiger partial charge is 0.376 e. The van der Waals surface area contributed by atoms with Gasteiger partial charge in [-0.3, -0.25) is 0 Å². The predicted molar refractivity (Wildman–Crippen MR) is 77.3 cm³/mol. The van der Waals surface area contributed by atoms with Crippen LogP contribution in [-0.2, 0) is 6.54 Å². The van der Waals surface area contributed by atoms with Crippen LogP contribution in [0.25, 0.3) is 0 Å². The van der Waals surface area contributed by atoms with E-state index in [2.05, 4.69) is 21.2 Å². The molecule has 1 N–H and O–H groups in total. The number of halogens is 3. The summed E-state index contributed by atoms with van der Waals surface area (Å²) in [6.45, 7) is 3.96. The molecule has 0 amide bonds. The lowest BCUT2D eigenvalue weighted by atomic mass is 10.1. The summed E-state index contributed by atoms with van der Waals surface area (Å²) in [6.07, 6.45) is 0. The first-order valence-electron chi connectivity index (χ1n) is 5.92. The molecule has 1 nitrogen and oxygen atoms in total. The molecule has 0 saturated heterocycles. The number of hydrogen-bond donors (Lipinski definition) is 1. The maximum Gasteiger partial charge on any atom is 0.152 e. The number of nitrogens with one attached hydrogen (secondary N) is 1. The minimum absolute atomic E-state index is 0.0764. The van der Waals surface area contributed by atoms with Gasteiger partial charge in [0.2, 0.25) is 0 Å². The van der Waals surface area contributed by atoms with E-state index in [-0.39, 0.29) is 5.69 Å². The zero-order chi connectivity index (χ0) is 14.0. The highest BCUT2D eigenvalue weighted by molar-refractivity contribution is 9.10. The molecule has 0 aromatic heterocycles. The molecule has 0 aliphatic carbocycles. The molecule has 2 rings (SSSR count). The minimum Gasteiger partial charge on any atom is -0.376 e. The normalized spacial score (nSPS) is 10.6. The van der Waals surface area contributed by atoms with Crippen molar-refractivity contribution in [3.05, 3.63) is 63.1 Å². The van der Waals surface area contributed by atoms with Gasteiger partial charge in [-0.2, -0.15) is 0 Å². The molecule has 0 fully saturated rings. The third kappa shape index (κ3) is 3.13. The van der Waals surface area contributed by atoms with Crippen molar-refractivity contribution in [2.45, 2.75) is 20.4 Å². The quantitative estimate of drug-likeness (QED) is 0.841. The highest BCUT2D eigenvalue weighted by atomic mass is 79.9. The van der Waals surface area contributed by atoms with Crippen molar-refractivity contribution in [2.75, 3.05) is 5.32 Å². The van der Waals surface area contributed by atoms with Crippen LogP contribution in [-0.4, -0.2) is 0 Å². The molecule has 0 spiro atoms. The highest BCUT2D eigenvalue weighted by Crippen LogP contribution is 2.24. The lowest BCUT2D eigenvalue weighted by Crippen LogP contribution is -2.05. The minimum atomic E-state index is -0.577. The van der Waals surface area contributed by atoms with Gasteiger partial charge in [0.15, 0.2) is 5.82 Å². The van der Waals surface area contributed by atoms with E-state index in [9.17, 15) is 8.78 Å². The molecule has 100 valence electrons. The van der Waals surface area contributed by atoms with Crippen LogP contribution in [0, 0.1) is 25.5 Å². The summed E-state index contributed by atoms with van der Waals surface area (Å²) in [5, 5.41) is 2.82. The Balaban J connectivity index is 2.21. The maximum absolute atomic E-state index is 13.8. The molecule has 19 heavy (non-hydrogen) atoms. The predicted octanol–water partition coefficient (Wildman–Crippen LogP) is 4.96. The van der Waals surface area contributed by atoms with E-state index in [4.69, 9.17) is 0 Å². The molecular formula is C15H14BrF2N. The Labute approximate surface area is 119 Å². The Hall–Kier alpha value is -1.42. The monoisotopic (exact) mass is 325 g/mol. The molecule has 4 heteroatoms. The van der Waals surface area contributed by atoms with Gasteiger partial charge in [-0.25, -0.2) is 8.78 Å². The number of hydrogen-bond acceptors (Lipinski definition) is 1. The average Bonchev–Trinajstić information content (AvgIpc) is 2.36. The molecular weight excluding hydrogens is 312 g/mol. The van der Waals surface area contributed by atoms with E-state index >= 15 is 0 Å². The zero-order valence-electron chi connectivity index (χ0n) is 10.7. The average molecular weight is 326 g/mol. The molecule has 2 aromatic rings. The van der Waals surface area contributed by atoms with Crippen LogP contribution in [0.2, 0.25) is 0 Å². The van der Waals surface area contributed by atoms with Crippen LogP contribution in [0.5, 0.6) is 0 Å². The van der Waals surface area contributed by atoms with Gasteiger partial charge >= 0.3 is 0 Å². The van der Waals surface area contributed by atoms with Crippen molar-refractivity contribution >= 4 is 21.6 Å². The third-order valence-corrected chi connectivity index (χ3v) is 3.69. The summed E-state index contributed by atoms with van der Waals surface area (Å²) < 4.78 is 28.3. The van der Waals surface area contributed by atoms with E-state index < -0.39 is 11.6 Å². The van der Waals surface area contributed by atoms with Gasteiger partial charge in [0.25, 0.3) is 0 Å². The number of anilines is 1. The van der Waals surface area contributed by atoms with Crippen LogP contribution in [0.1, 0.15) is 16.7 Å². The van der Waals surface area contributed by atoms with Gasteiger partial charge in [-0.1, -0.05) is 34.1 Å². The summed E-state index contributed by atoms with van der Waals surface area (Å²) >= 11 is 3.44. The van der Waals surface area contributed by atoms with Crippen molar-refractivity contribution in [1.82, 2.24) is 0 Å². The lowest BCUT2D eigenvalue weighted by Gasteiger charge is -2.11. The Morgan fingerprint density at radius 1 is 1.11 bits per heavy atom. The topological polar surface area (TPSA) is 12.0 Å². The summed E-state index contributed by atoms with van der Waals surface area (Å²) in [4.78, 5) is 0. The van der Waals surface area contributed by atoms with Crippen LogP contribution in [0.3, 0.4) is 0 Å². The second-order valence-corrected chi connectivity index (χ2v) is 5.36. The summed E-state index contributed by atoms with van der Waals surface area (Å²) in [6, 6.07) is 8.56. The lowest BCUT2D eigenvalue weighted by molar-refractivity contribution is 0.582. The molecule has 0 aliphatic heterocycles. The fourth-order valence-corrected chi connectivity index (χ4v) is 2.43. The third-order valence-electron chi connectivity index (χ3n) is 2.95. The summed E-state index contributed by atoms with van der Waals surface area (Å²) in [7, 11) is 0. The van der Waals surface area contributed by atoms with E-state index in [0.717, 1.165) is 15.6 Å². The van der Waals surface area contributed by atoms with Crippen LogP contribution in [0.4, 0.5) is 14.5 Å². The molecule has 0 aliphatic rings. The van der Waals surface area contributed by atoms with Crippen molar-refractivity contribution in [2.24, 2.45) is 0 Å². The molecule has 0 saturated carbocycles. The SMILES string of the molecule is Cc1ccc(CNc2c(F)ccc(C)c2F)c(Br)c1. The highest BCUT2D eigenvalue weighted by Gasteiger charge is 2.11. The Kier molecular flexibility index (Phi) is 4.20. The second-order valence-electron chi connectivity index (χ2n) is 4.50. The fourth-order valence-electron chi connectivity index (χ4n) is 1.80. The Morgan fingerprint density at radius 3 is 2.53 bits per heavy atom. The first-order chi connectivity index (χ1) is 8.99. The van der Waals surface area contributed by atoms with E-state index in [0.29, 0.717) is 12.1 Å². The summed E-state index contributed by atoms with van der Waals surface area (Å²) in [5.41, 5.74) is 2.42. The smallest absolute Gasteiger partial charge is 0.152 e. The van der Waals surface area contributed by atoms with E-state index in [1.54, 1.807) is 6.92 Å². The first kappa shape index (κ1) is 14.0. The maximum atomic E-state index is 13.8. The molecule has 0 unspecified atom stereocenters. The van der Waals surface area contributed by atoms with Crippen LogP contribution in [0.15, 0.2) is 34.8 Å². The van der Waals surface area contributed by atoms with Gasteiger partial charge in [0.05, 0.1) is 0 Å². The van der Waals surface area contributed by atoms with Gasteiger partial charge < -0.3 is 5.32 Å². The van der Waals surface area contributed by atoms with Gasteiger partial charge in [0, 0.05) is 11.0 Å². The Morgan fingerprint density at radius 2 is 1.84 bits per heavy atom. The van der Waals surface area contributed by atoms with Gasteiger partial charge in [-0.15, -0.1) is 0 Å². The molecule has 0 bridgehead atoms. The van der Waals surface area contributed by atoms with E-state index in [1.807, 2.05) is 25.1 Å². The fraction of sp³-hybridized carbons (Fsp3) is 0.200. The molecule has 0 radical (unpaired) electrons. The van der Waals surface area contributed by atoms with Crippen LogP contribution < -0.4 is 5.32 Å². The number of benzene rings is 2. The number of aryl methyl sites for hydroxylation is 2. The standard InChI is InChI=1S/C15H14BrF2N/c1-9-3-5-11(12(16)7-9)8-19-15-13(17)6-4-10(2)14(15)18/h3-7,19H,8H2,1-2H3. The van der Waals surface area contributed by atoms with Gasteiger partial charge in [-0.05, 0) is 42.7 Å². The summed E-state index contributed by atoms with van der Waals surface area (Å²) in [5.74, 6) is -1.12. The van der Waals surface area contributed by atoms with Gasteiger partial charge in [0.1, 0.15) is 11.5 Å². The zero-order valence-corrected chi connectivity index (χ0v) is 12.3. The molecule has 0 atom stereocenters. The molecule has 0 heterocycles. The first-order valence-corrected chi connectivity index (χ1v) is 6.72. The van der Waals surface area contributed by atoms with Crippen molar-refractivity contribution in [3.8, 4) is 0 Å². The molecule has 2 aromatic carbocycles. The van der Waals surface area contributed by atoms with Crippen LogP contribution >= 0.6 is 15.9 Å². The van der Waals surface area contributed by atoms with Crippen molar-refractivity contribution in [1.29, 1.82) is 0 Å². The second kappa shape index (κ2) is 5.70.